The van der Waals surface area contributed by atoms with Crippen LogP contribution in [0.15, 0.2) is 34.8 Å². The van der Waals surface area contributed by atoms with Gasteiger partial charge < -0.3 is 10.4 Å². The predicted molar refractivity (Wildman–Crippen MR) is 41.2 cm³/mol. The molecule has 0 radical (unpaired) electrons. The maximum atomic E-state index is 9.56. The zero-order valence-corrected chi connectivity index (χ0v) is 6.10. The molecule has 2 heterocycles. The van der Waals surface area contributed by atoms with Crippen molar-refractivity contribution in [2.24, 2.45) is 10.2 Å². The Morgan fingerprint density at radius 1 is 1.58 bits per heavy atom. The van der Waals surface area contributed by atoms with Crippen molar-refractivity contribution in [3.63, 3.8) is 0 Å². The Labute approximate surface area is 68.0 Å². The van der Waals surface area contributed by atoms with Gasteiger partial charge >= 0.3 is 0 Å². The third kappa shape index (κ3) is 1.19. The van der Waals surface area contributed by atoms with Gasteiger partial charge in [0.1, 0.15) is 5.82 Å². The van der Waals surface area contributed by atoms with Crippen molar-refractivity contribution in [1.29, 1.82) is 0 Å². The molecule has 0 aliphatic carbocycles. The average Bonchev–Trinajstić information content (AvgIpc) is 2.62. The zero-order chi connectivity index (χ0) is 8.44. The summed E-state index contributed by atoms with van der Waals surface area (Å²) in [4.78, 5) is 0. The summed E-state index contributed by atoms with van der Waals surface area (Å²) in [5.41, 5.74) is 0. The number of aromatic nitrogens is 2. The highest BCUT2D eigenvalue weighted by Gasteiger charge is 2.25. The lowest BCUT2D eigenvalue weighted by Crippen LogP contribution is -2.31. The standard InChI is InChI=1S/C6H7N5O/c12-6(2-4-8-11-6)9-5-1-3-7-10-5/h1-4,12H,(H2,7,9,10). The quantitative estimate of drug-likeness (QED) is 0.556. The van der Waals surface area contributed by atoms with E-state index in [2.05, 4.69) is 25.7 Å². The highest BCUT2D eigenvalue weighted by Crippen LogP contribution is 2.17. The number of nitrogens with one attached hydrogen (secondary N) is 2. The number of nitrogens with zero attached hydrogens (tertiary/aromatic N) is 3. The summed E-state index contributed by atoms with van der Waals surface area (Å²) in [6.07, 6.45) is 4.43. The fraction of sp³-hybridized carbons (Fsp3) is 0.167. The second kappa shape index (κ2) is 2.42. The van der Waals surface area contributed by atoms with E-state index in [1.807, 2.05) is 0 Å². The van der Waals surface area contributed by atoms with Gasteiger partial charge in [-0.15, -0.1) is 5.11 Å². The zero-order valence-electron chi connectivity index (χ0n) is 6.10. The molecule has 0 saturated carbocycles. The summed E-state index contributed by atoms with van der Waals surface area (Å²) in [6, 6.07) is 1.68. The molecule has 0 spiro atoms. The predicted octanol–water partition coefficient (Wildman–Crippen LogP) is 0.447. The van der Waals surface area contributed by atoms with Crippen LogP contribution in [-0.2, 0) is 0 Å². The van der Waals surface area contributed by atoms with Gasteiger partial charge in [-0.05, 0) is 0 Å². The molecule has 3 N–H and O–H groups in total. The van der Waals surface area contributed by atoms with Gasteiger partial charge in [0.2, 0.25) is 0 Å². The molecule has 0 aromatic carbocycles. The molecule has 1 unspecified atom stereocenters. The van der Waals surface area contributed by atoms with Gasteiger partial charge in [-0.25, -0.2) is 0 Å². The Morgan fingerprint density at radius 2 is 2.50 bits per heavy atom. The number of H-pyrrole nitrogens is 1. The molecule has 0 saturated heterocycles. The first-order valence-electron chi connectivity index (χ1n) is 3.38. The van der Waals surface area contributed by atoms with Gasteiger partial charge in [0, 0.05) is 12.1 Å². The summed E-state index contributed by atoms with van der Waals surface area (Å²) in [5, 5.41) is 25.6. The first kappa shape index (κ1) is 6.99. The number of aromatic amines is 1. The minimum atomic E-state index is -1.42. The highest BCUT2D eigenvalue weighted by molar-refractivity contribution is 5.36. The highest BCUT2D eigenvalue weighted by atomic mass is 16.3. The fourth-order valence-corrected chi connectivity index (χ4v) is 0.882. The molecule has 1 aromatic heterocycles. The number of hydrogen-bond acceptors (Lipinski definition) is 5. The topological polar surface area (TPSA) is 85.7 Å². The molecular weight excluding hydrogens is 158 g/mol. The van der Waals surface area contributed by atoms with E-state index in [1.165, 1.54) is 12.3 Å². The van der Waals surface area contributed by atoms with E-state index in [0.29, 0.717) is 5.82 Å². The Hall–Kier alpha value is -1.69. The SMILES string of the molecule is OC1(Nc2ccn[nH]2)C=CN=N1. The summed E-state index contributed by atoms with van der Waals surface area (Å²) in [5.74, 6) is -0.838. The Bertz CT molecular complexity index is 303. The number of hydrogen-bond donors (Lipinski definition) is 3. The van der Waals surface area contributed by atoms with Crippen LogP contribution in [0.5, 0.6) is 0 Å². The molecule has 1 aliphatic rings. The van der Waals surface area contributed by atoms with Crippen LogP contribution in [0.4, 0.5) is 5.82 Å². The van der Waals surface area contributed by atoms with Crippen molar-refractivity contribution < 1.29 is 5.11 Å². The number of aliphatic hydroxyl groups is 1. The molecule has 62 valence electrons. The van der Waals surface area contributed by atoms with Gasteiger partial charge in [0.25, 0.3) is 5.85 Å². The minimum absolute atomic E-state index is 0.586. The van der Waals surface area contributed by atoms with Crippen LogP contribution < -0.4 is 5.32 Å². The average molecular weight is 165 g/mol. The van der Waals surface area contributed by atoms with Crippen molar-refractivity contribution in [3.05, 3.63) is 24.5 Å². The molecule has 0 bridgehead atoms. The lowest BCUT2D eigenvalue weighted by molar-refractivity contribution is 0.129. The van der Waals surface area contributed by atoms with Crippen molar-refractivity contribution in [3.8, 4) is 0 Å². The van der Waals surface area contributed by atoms with Gasteiger partial charge in [-0.3, -0.25) is 5.10 Å². The fourth-order valence-electron chi connectivity index (χ4n) is 0.882. The largest absolute Gasteiger partial charge is 0.348 e. The molecule has 6 heteroatoms. The molecule has 6 nitrogen and oxygen atoms in total. The van der Waals surface area contributed by atoms with Crippen LogP contribution >= 0.6 is 0 Å². The van der Waals surface area contributed by atoms with Crippen LogP contribution in [0.3, 0.4) is 0 Å². The van der Waals surface area contributed by atoms with E-state index < -0.39 is 5.85 Å². The van der Waals surface area contributed by atoms with Gasteiger partial charge in [0.15, 0.2) is 0 Å². The summed E-state index contributed by atoms with van der Waals surface area (Å²) in [7, 11) is 0. The van der Waals surface area contributed by atoms with Crippen LogP contribution in [0, 0.1) is 0 Å². The van der Waals surface area contributed by atoms with Crippen molar-refractivity contribution >= 4 is 5.82 Å². The number of anilines is 1. The lowest BCUT2D eigenvalue weighted by atomic mass is 10.4. The van der Waals surface area contributed by atoms with Gasteiger partial charge in [-0.2, -0.15) is 10.2 Å². The number of rotatable bonds is 2. The molecule has 1 atom stereocenters. The second-order valence-corrected chi connectivity index (χ2v) is 2.35. The Kier molecular flexibility index (Phi) is 1.41. The first-order chi connectivity index (χ1) is 5.79. The van der Waals surface area contributed by atoms with E-state index >= 15 is 0 Å². The third-order valence-corrected chi connectivity index (χ3v) is 1.40. The third-order valence-electron chi connectivity index (χ3n) is 1.40. The van der Waals surface area contributed by atoms with Crippen LogP contribution in [0.25, 0.3) is 0 Å². The Morgan fingerprint density at radius 3 is 3.08 bits per heavy atom. The van der Waals surface area contributed by atoms with Gasteiger partial charge in [-0.1, -0.05) is 0 Å². The molecule has 0 fully saturated rings. The van der Waals surface area contributed by atoms with Crippen molar-refractivity contribution in [2.45, 2.75) is 5.85 Å². The summed E-state index contributed by atoms with van der Waals surface area (Å²) < 4.78 is 0. The molecular formula is C6H7N5O. The van der Waals surface area contributed by atoms with E-state index in [-0.39, 0.29) is 0 Å². The smallest absolute Gasteiger partial charge is 0.277 e. The van der Waals surface area contributed by atoms with E-state index in [9.17, 15) is 5.11 Å². The minimum Gasteiger partial charge on any atom is -0.348 e. The summed E-state index contributed by atoms with van der Waals surface area (Å²) in [6.45, 7) is 0. The van der Waals surface area contributed by atoms with Crippen LogP contribution in [0.2, 0.25) is 0 Å². The van der Waals surface area contributed by atoms with E-state index in [4.69, 9.17) is 0 Å². The normalized spacial score (nSPS) is 26.4. The van der Waals surface area contributed by atoms with Crippen molar-refractivity contribution in [1.82, 2.24) is 10.2 Å². The monoisotopic (exact) mass is 165 g/mol. The van der Waals surface area contributed by atoms with E-state index in [1.54, 1.807) is 12.3 Å². The van der Waals surface area contributed by atoms with E-state index in [0.717, 1.165) is 0 Å². The summed E-state index contributed by atoms with van der Waals surface area (Å²) >= 11 is 0. The van der Waals surface area contributed by atoms with Crippen LogP contribution in [-0.4, -0.2) is 21.2 Å². The molecule has 2 rings (SSSR count). The number of azo groups is 1. The van der Waals surface area contributed by atoms with Gasteiger partial charge in [0.05, 0.1) is 12.4 Å². The van der Waals surface area contributed by atoms with Crippen molar-refractivity contribution in [2.75, 3.05) is 5.32 Å². The Balaban J connectivity index is 2.13. The maximum Gasteiger partial charge on any atom is 0.277 e. The first-order valence-corrected chi connectivity index (χ1v) is 3.38. The lowest BCUT2D eigenvalue weighted by Gasteiger charge is -2.15. The molecule has 12 heavy (non-hydrogen) atoms. The molecule has 0 amide bonds. The molecule has 1 aliphatic heterocycles. The van der Waals surface area contributed by atoms with Crippen LogP contribution in [0.1, 0.15) is 0 Å². The molecule has 1 aromatic rings. The maximum absolute atomic E-state index is 9.56. The second-order valence-electron chi connectivity index (χ2n) is 2.35.